The molecule has 1 aromatic carbocycles. The second-order valence-electron chi connectivity index (χ2n) is 7.44. The van der Waals surface area contributed by atoms with E-state index in [-0.39, 0.29) is 34.8 Å². The van der Waals surface area contributed by atoms with Gasteiger partial charge in [-0.2, -0.15) is 0 Å². The molecule has 3 rings (SSSR count). The van der Waals surface area contributed by atoms with Crippen LogP contribution >= 0.6 is 11.6 Å². The number of ketones is 1. The number of nitrogens with zero attached hydrogens (tertiary/aromatic N) is 1. The maximum absolute atomic E-state index is 13.4. The van der Waals surface area contributed by atoms with Gasteiger partial charge in [-0.25, -0.2) is 4.39 Å². The number of Topliss-reactive ketones (excluding diaryl/α,β-unsaturated/α-hetero) is 1. The monoisotopic (exact) mass is 460 g/mol. The first-order valence-electron chi connectivity index (χ1n) is 9.90. The number of anilines is 1. The van der Waals surface area contributed by atoms with Crippen LogP contribution in [0.5, 0.6) is 0 Å². The van der Waals surface area contributed by atoms with Crippen molar-refractivity contribution in [3.05, 3.63) is 63.7 Å². The fourth-order valence-electron chi connectivity index (χ4n) is 3.72. The smallest absolute Gasteiger partial charge is 0.292 e. The first-order chi connectivity index (χ1) is 15.1. The highest BCUT2D eigenvalue weighted by Crippen LogP contribution is 2.30. The van der Waals surface area contributed by atoms with Crippen LogP contribution in [0.2, 0.25) is 5.02 Å². The highest BCUT2D eigenvalue weighted by molar-refractivity contribution is 6.43. The van der Waals surface area contributed by atoms with E-state index in [0.717, 1.165) is 12.5 Å². The van der Waals surface area contributed by atoms with E-state index in [1.54, 1.807) is 11.5 Å². The van der Waals surface area contributed by atoms with Crippen LogP contribution in [0.1, 0.15) is 44.9 Å². The summed E-state index contributed by atoms with van der Waals surface area (Å²) in [6.45, 7) is 5.65. The van der Waals surface area contributed by atoms with Gasteiger partial charge in [0.25, 0.3) is 17.6 Å². The van der Waals surface area contributed by atoms with Gasteiger partial charge in [0.15, 0.2) is 0 Å². The number of carbonyl (C=O) groups excluding carboxylic acids is 4. The minimum Gasteiger partial charge on any atom is -0.366 e. The SMILES string of the molecule is C=C(CCNC(=O)C(=O)c1c(C)c(C(=O)Nc2ccc(F)c(Cl)c2)n2c1CCC2)C(N)=O. The van der Waals surface area contributed by atoms with Crippen molar-refractivity contribution in [3.8, 4) is 0 Å². The first-order valence-corrected chi connectivity index (χ1v) is 10.3. The molecule has 1 aliphatic heterocycles. The Labute approximate surface area is 188 Å². The molecule has 0 saturated heterocycles. The lowest BCUT2D eigenvalue weighted by molar-refractivity contribution is -0.117. The fraction of sp³-hybridized carbons (Fsp3) is 0.273. The topological polar surface area (TPSA) is 123 Å². The molecule has 10 heteroatoms. The van der Waals surface area contributed by atoms with Crippen molar-refractivity contribution >= 4 is 40.8 Å². The third-order valence-corrected chi connectivity index (χ3v) is 5.59. The van der Waals surface area contributed by atoms with Crippen LogP contribution in [0.3, 0.4) is 0 Å². The van der Waals surface area contributed by atoms with Crippen molar-refractivity contribution in [3.63, 3.8) is 0 Å². The van der Waals surface area contributed by atoms with Crippen LogP contribution in [0.4, 0.5) is 10.1 Å². The molecular formula is C22H22ClFN4O4. The molecule has 4 N–H and O–H groups in total. The number of aromatic nitrogens is 1. The van der Waals surface area contributed by atoms with Crippen molar-refractivity contribution in [1.29, 1.82) is 0 Å². The molecule has 32 heavy (non-hydrogen) atoms. The summed E-state index contributed by atoms with van der Waals surface area (Å²) in [5, 5.41) is 4.98. The predicted molar refractivity (Wildman–Crippen MR) is 117 cm³/mol. The van der Waals surface area contributed by atoms with Crippen molar-refractivity contribution in [2.45, 2.75) is 32.7 Å². The molecule has 8 nitrogen and oxygen atoms in total. The lowest BCUT2D eigenvalue weighted by atomic mass is 10.0. The van der Waals surface area contributed by atoms with Gasteiger partial charge in [-0.3, -0.25) is 19.2 Å². The van der Waals surface area contributed by atoms with E-state index in [1.165, 1.54) is 12.1 Å². The number of halogens is 2. The van der Waals surface area contributed by atoms with E-state index in [4.69, 9.17) is 17.3 Å². The Balaban J connectivity index is 1.82. The van der Waals surface area contributed by atoms with Crippen LogP contribution < -0.4 is 16.4 Å². The van der Waals surface area contributed by atoms with Gasteiger partial charge < -0.3 is 20.9 Å². The zero-order valence-corrected chi connectivity index (χ0v) is 18.1. The average molecular weight is 461 g/mol. The molecule has 0 atom stereocenters. The van der Waals surface area contributed by atoms with Crippen LogP contribution in [-0.4, -0.2) is 34.6 Å². The zero-order valence-electron chi connectivity index (χ0n) is 17.4. The predicted octanol–water partition coefficient (Wildman–Crippen LogP) is 2.52. The highest BCUT2D eigenvalue weighted by atomic mass is 35.5. The number of fused-ring (bicyclic) bond motifs is 1. The van der Waals surface area contributed by atoms with E-state index in [1.807, 2.05) is 0 Å². The van der Waals surface area contributed by atoms with E-state index in [2.05, 4.69) is 17.2 Å². The minimum absolute atomic E-state index is 0.0279. The third kappa shape index (κ3) is 4.57. The Morgan fingerprint density at radius 2 is 2.00 bits per heavy atom. The largest absolute Gasteiger partial charge is 0.366 e. The summed E-state index contributed by atoms with van der Waals surface area (Å²) < 4.78 is 15.1. The molecule has 1 aliphatic rings. The molecule has 3 amide bonds. The number of hydrogen-bond donors (Lipinski definition) is 3. The lowest BCUT2D eigenvalue weighted by Gasteiger charge is -2.09. The molecule has 0 fully saturated rings. The standard InChI is InChI=1S/C22H22ClFN4O4/c1-11(20(25)30)7-8-26-22(32)19(29)17-12(2)18(28-9-3-4-16(17)28)21(31)27-13-5-6-15(24)14(23)10-13/h5-6,10H,1,3-4,7-9H2,2H3,(H2,25,30)(H,26,32)(H,27,31). The molecule has 2 aromatic rings. The van der Waals surface area contributed by atoms with Crippen molar-refractivity contribution in [1.82, 2.24) is 9.88 Å². The van der Waals surface area contributed by atoms with Crippen LogP contribution in [0.25, 0.3) is 0 Å². The van der Waals surface area contributed by atoms with Gasteiger partial charge in [-0.1, -0.05) is 18.2 Å². The van der Waals surface area contributed by atoms with Crippen molar-refractivity contribution in [2.24, 2.45) is 5.73 Å². The molecule has 0 spiro atoms. The molecule has 0 aliphatic carbocycles. The molecule has 0 bridgehead atoms. The summed E-state index contributed by atoms with van der Waals surface area (Å²) in [5.74, 6) is -3.39. The van der Waals surface area contributed by atoms with Gasteiger partial charge >= 0.3 is 0 Å². The second-order valence-corrected chi connectivity index (χ2v) is 7.84. The Morgan fingerprint density at radius 1 is 1.28 bits per heavy atom. The number of carbonyl (C=O) groups is 4. The highest BCUT2D eigenvalue weighted by Gasteiger charge is 2.33. The minimum atomic E-state index is -0.844. The fourth-order valence-corrected chi connectivity index (χ4v) is 3.90. The molecule has 0 saturated carbocycles. The molecule has 0 unspecified atom stereocenters. The molecule has 2 heterocycles. The number of benzene rings is 1. The van der Waals surface area contributed by atoms with E-state index in [0.29, 0.717) is 29.9 Å². The summed E-state index contributed by atoms with van der Waals surface area (Å²) in [7, 11) is 0. The number of rotatable bonds is 8. The summed E-state index contributed by atoms with van der Waals surface area (Å²) >= 11 is 5.78. The van der Waals surface area contributed by atoms with Gasteiger partial charge in [-0.05, 0) is 49.9 Å². The molecule has 1 aromatic heterocycles. The maximum Gasteiger partial charge on any atom is 0.292 e. The van der Waals surface area contributed by atoms with Gasteiger partial charge in [0.05, 0.1) is 10.6 Å². The molecule has 168 valence electrons. The molecular weight excluding hydrogens is 439 g/mol. The number of primary amides is 1. The zero-order chi connectivity index (χ0) is 23.6. The van der Waals surface area contributed by atoms with Crippen molar-refractivity contribution < 1.29 is 23.6 Å². The average Bonchev–Trinajstić information content (AvgIpc) is 3.29. The summed E-state index contributed by atoms with van der Waals surface area (Å²) in [4.78, 5) is 49.3. The first kappa shape index (κ1) is 23.2. The van der Waals surface area contributed by atoms with Crippen LogP contribution in [-0.2, 0) is 22.6 Å². The summed E-state index contributed by atoms with van der Waals surface area (Å²) in [5.41, 5.74) is 6.99. The third-order valence-electron chi connectivity index (χ3n) is 5.30. The Morgan fingerprint density at radius 3 is 2.66 bits per heavy atom. The maximum atomic E-state index is 13.4. The number of nitrogens with two attached hydrogens (primary N) is 1. The van der Waals surface area contributed by atoms with Gasteiger partial charge in [0, 0.05) is 30.0 Å². The Bertz CT molecular complexity index is 1160. The Kier molecular flexibility index (Phi) is 6.78. The summed E-state index contributed by atoms with van der Waals surface area (Å²) in [6.07, 6.45) is 1.39. The number of hydrogen-bond acceptors (Lipinski definition) is 4. The molecule has 0 radical (unpaired) electrons. The number of nitrogens with one attached hydrogen (secondary N) is 2. The van der Waals surface area contributed by atoms with E-state index < -0.39 is 29.3 Å². The van der Waals surface area contributed by atoms with Crippen LogP contribution in [0, 0.1) is 12.7 Å². The van der Waals surface area contributed by atoms with E-state index >= 15 is 0 Å². The normalized spacial score (nSPS) is 12.2. The summed E-state index contributed by atoms with van der Waals surface area (Å²) in [6, 6.07) is 3.80. The Hall–Kier alpha value is -3.46. The number of amides is 3. The van der Waals surface area contributed by atoms with Crippen molar-refractivity contribution in [2.75, 3.05) is 11.9 Å². The van der Waals surface area contributed by atoms with E-state index in [9.17, 15) is 23.6 Å². The van der Waals surface area contributed by atoms with Gasteiger partial charge in [0.2, 0.25) is 5.91 Å². The van der Waals surface area contributed by atoms with Gasteiger partial charge in [0.1, 0.15) is 11.5 Å². The van der Waals surface area contributed by atoms with Gasteiger partial charge in [-0.15, -0.1) is 0 Å². The quantitative estimate of drug-likeness (QED) is 0.318. The lowest BCUT2D eigenvalue weighted by Crippen LogP contribution is -2.33. The second kappa shape index (κ2) is 9.35. The van der Waals surface area contributed by atoms with Crippen LogP contribution in [0.15, 0.2) is 30.4 Å².